The van der Waals surface area contributed by atoms with Crippen LogP contribution in [0.3, 0.4) is 0 Å². The van der Waals surface area contributed by atoms with Gasteiger partial charge in [0.2, 0.25) is 5.91 Å². The summed E-state index contributed by atoms with van der Waals surface area (Å²) in [5, 5.41) is 7.43. The van der Waals surface area contributed by atoms with E-state index < -0.39 is 0 Å². The number of hydrogen-bond donors (Lipinski definition) is 1. The number of halogens is 1. The molecule has 0 bridgehead atoms. The number of aromatic nitrogens is 2. The van der Waals surface area contributed by atoms with Gasteiger partial charge in [0.15, 0.2) is 0 Å². The van der Waals surface area contributed by atoms with Crippen LogP contribution in [0.1, 0.15) is 11.3 Å². The van der Waals surface area contributed by atoms with Crippen molar-refractivity contribution in [3.05, 3.63) is 16.4 Å². The molecule has 0 fully saturated rings. The normalized spacial score (nSPS) is 10.9. The molecule has 90 valence electrons. The number of rotatable bonds is 4. The number of aryl methyl sites for hydroxylation is 2. The van der Waals surface area contributed by atoms with Gasteiger partial charge >= 0.3 is 0 Å². The van der Waals surface area contributed by atoms with Gasteiger partial charge in [-0.2, -0.15) is 5.10 Å². The molecule has 1 aromatic rings. The maximum atomic E-state index is 11.2. The molecule has 1 N–H and O–H groups in total. The number of nitrogens with one attached hydrogen (secondary N) is 1. The highest BCUT2D eigenvalue weighted by Gasteiger charge is 2.14. The Labute approximate surface area is 100 Å². The quantitative estimate of drug-likeness (QED) is 0.842. The number of carbonyl (C=O) groups is 1. The molecule has 1 amide bonds. The van der Waals surface area contributed by atoms with Gasteiger partial charge in [0.25, 0.3) is 0 Å². The number of likely N-dealkylation sites (N-methyl/N-ethyl adjacent to an activating group) is 2. The van der Waals surface area contributed by atoms with Crippen molar-refractivity contribution in [2.24, 2.45) is 7.05 Å². The number of hydrogen-bond acceptors (Lipinski definition) is 3. The Morgan fingerprint density at radius 1 is 1.62 bits per heavy atom. The van der Waals surface area contributed by atoms with E-state index >= 15 is 0 Å². The fraction of sp³-hybridized carbons (Fsp3) is 0.600. The molecular formula is C10H17ClN4O. The van der Waals surface area contributed by atoms with Gasteiger partial charge in [-0.05, 0) is 14.0 Å². The lowest BCUT2D eigenvalue weighted by Gasteiger charge is -2.15. The molecule has 1 heterocycles. The Bertz CT molecular complexity index is 388. The second-order valence-corrected chi connectivity index (χ2v) is 4.18. The van der Waals surface area contributed by atoms with Crippen LogP contribution in [0, 0.1) is 6.92 Å². The third-order valence-corrected chi connectivity index (χ3v) is 2.86. The SMILES string of the molecule is CNC(=O)CN(C)Cc1c(C)nn(C)c1Cl. The van der Waals surface area contributed by atoms with Crippen LogP contribution in [0.4, 0.5) is 0 Å². The van der Waals surface area contributed by atoms with E-state index in [1.165, 1.54) is 0 Å². The fourth-order valence-electron chi connectivity index (χ4n) is 1.50. The molecule has 6 heteroatoms. The van der Waals surface area contributed by atoms with Crippen LogP contribution < -0.4 is 5.32 Å². The molecule has 0 aromatic carbocycles. The zero-order valence-electron chi connectivity index (χ0n) is 10.0. The summed E-state index contributed by atoms with van der Waals surface area (Å²) in [4.78, 5) is 13.1. The molecule has 0 aliphatic rings. The molecule has 5 nitrogen and oxygen atoms in total. The molecule has 0 saturated carbocycles. The average molecular weight is 245 g/mol. The van der Waals surface area contributed by atoms with E-state index in [1.54, 1.807) is 18.8 Å². The van der Waals surface area contributed by atoms with Crippen LogP contribution >= 0.6 is 11.6 Å². The lowest BCUT2D eigenvalue weighted by Crippen LogP contribution is -2.32. The van der Waals surface area contributed by atoms with E-state index in [4.69, 9.17) is 11.6 Å². The third kappa shape index (κ3) is 2.96. The summed E-state index contributed by atoms with van der Waals surface area (Å²) in [5.74, 6) is -0.0137. The standard InChI is InChI=1S/C10H17ClN4O/c1-7-8(10(11)15(4)13-7)5-14(3)6-9(16)12-2/h5-6H2,1-4H3,(H,12,16). The maximum absolute atomic E-state index is 11.2. The molecule has 0 spiro atoms. The molecule has 0 atom stereocenters. The Morgan fingerprint density at radius 3 is 2.69 bits per heavy atom. The van der Waals surface area contributed by atoms with Gasteiger partial charge in [-0.25, -0.2) is 0 Å². The molecule has 0 aliphatic heterocycles. The Hall–Kier alpha value is -1.07. The minimum absolute atomic E-state index is 0.0137. The molecular weight excluding hydrogens is 228 g/mol. The lowest BCUT2D eigenvalue weighted by atomic mass is 10.2. The Balaban J connectivity index is 2.69. The average Bonchev–Trinajstić information content (AvgIpc) is 2.45. The first-order valence-electron chi connectivity index (χ1n) is 5.02. The predicted octanol–water partition coefficient (Wildman–Crippen LogP) is 0.560. The highest BCUT2D eigenvalue weighted by molar-refractivity contribution is 6.30. The first kappa shape index (κ1) is 13.0. The molecule has 0 unspecified atom stereocenters. The molecule has 16 heavy (non-hydrogen) atoms. The second kappa shape index (κ2) is 5.32. The van der Waals surface area contributed by atoms with E-state index in [9.17, 15) is 4.79 Å². The number of amides is 1. The molecule has 0 saturated heterocycles. The van der Waals surface area contributed by atoms with Crippen LogP contribution in [-0.2, 0) is 18.4 Å². The summed E-state index contributed by atoms with van der Waals surface area (Å²) in [7, 11) is 5.30. The predicted molar refractivity (Wildman–Crippen MR) is 63.4 cm³/mol. The first-order valence-corrected chi connectivity index (χ1v) is 5.40. The van der Waals surface area contributed by atoms with Crippen molar-refractivity contribution in [3.63, 3.8) is 0 Å². The van der Waals surface area contributed by atoms with Gasteiger partial charge in [0.05, 0.1) is 12.2 Å². The second-order valence-electron chi connectivity index (χ2n) is 3.82. The van der Waals surface area contributed by atoms with E-state index in [1.807, 2.05) is 18.9 Å². The van der Waals surface area contributed by atoms with Crippen molar-refractivity contribution in [3.8, 4) is 0 Å². The summed E-state index contributed by atoms with van der Waals surface area (Å²) in [6, 6.07) is 0. The fourth-order valence-corrected chi connectivity index (χ4v) is 1.74. The minimum Gasteiger partial charge on any atom is -0.358 e. The van der Waals surface area contributed by atoms with Crippen molar-refractivity contribution in [1.29, 1.82) is 0 Å². The lowest BCUT2D eigenvalue weighted by molar-refractivity contribution is -0.121. The zero-order chi connectivity index (χ0) is 12.3. The van der Waals surface area contributed by atoms with E-state index in [0.717, 1.165) is 11.3 Å². The van der Waals surface area contributed by atoms with Crippen molar-refractivity contribution < 1.29 is 4.79 Å². The van der Waals surface area contributed by atoms with Crippen molar-refractivity contribution in [2.45, 2.75) is 13.5 Å². The highest BCUT2D eigenvalue weighted by atomic mass is 35.5. The van der Waals surface area contributed by atoms with Crippen LogP contribution in [0.2, 0.25) is 5.15 Å². The van der Waals surface area contributed by atoms with Gasteiger partial charge < -0.3 is 5.32 Å². The van der Waals surface area contributed by atoms with Gasteiger partial charge in [-0.1, -0.05) is 11.6 Å². The van der Waals surface area contributed by atoms with Gasteiger partial charge in [0, 0.05) is 26.2 Å². The highest BCUT2D eigenvalue weighted by Crippen LogP contribution is 2.19. The summed E-state index contributed by atoms with van der Waals surface area (Å²) >= 11 is 6.10. The van der Waals surface area contributed by atoms with Gasteiger partial charge in [-0.3, -0.25) is 14.4 Å². The van der Waals surface area contributed by atoms with Gasteiger partial charge in [-0.15, -0.1) is 0 Å². The molecule has 1 aromatic heterocycles. The third-order valence-electron chi connectivity index (χ3n) is 2.39. The summed E-state index contributed by atoms with van der Waals surface area (Å²) < 4.78 is 1.64. The smallest absolute Gasteiger partial charge is 0.233 e. The Morgan fingerprint density at radius 2 is 2.25 bits per heavy atom. The number of carbonyl (C=O) groups excluding carboxylic acids is 1. The number of nitrogens with zero attached hydrogens (tertiary/aromatic N) is 3. The topological polar surface area (TPSA) is 50.2 Å². The molecule has 0 aliphatic carbocycles. The monoisotopic (exact) mass is 244 g/mol. The van der Waals surface area contributed by atoms with Crippen LogP contribution in [0.5, 0.6) is 0 Å². The molecule has 1 rings (SSSR count). The summed E-state index contributed by atoms with van der Waals surface area (Å²) in [6.45, 7) is 2.88. The van der Waals surface area contributed by atoms with Gasteiger partial charge in [0.1, 0.15) is 5.15 Å². The summed E-state index contributed by atoms with van der Waals surface area (Å²) in [6.07, 6.45) is 0. The largest absolute Gasteiger partial charge is 0.358 e. The Kier molecular flexibility index (Phi) is 4.32. The van der Waals surface area contributed by atoms with Crippen molar-refractivity contribution in [2.75, 3.05) is 20.6 Å². The van der Waals surface area contributed by atoms with Crippen molar-refractivity contribution >= 4 is 17.5 Å². The first-order chi connectivity index (χ1) is 7.45. The van der Waals surface area contributed by atoms with Crippen LogP contribution in [0.15, 0.2) is 0 Å². The van der Waals surface area contributed by atoms with E-state index in [0.29, 0.717) is 18.2 Å². The zero-order valence-corrected chi connectivity index (χ0v) is 10.8. The maximum Gasteiger partial charge on any atom is 0.233 e. The van der Waals surface area contributed by atoms with Crippen LogP contribution in [0.25, 0.3) is 0 Å². The molecule has 0 radical (unpaired) electrons. The van der Waals surface area contributed by atoms with Crippen LogP contribution in [-0.4, -0.2) is 41.2 Å². The summed E-state index contributed by atoms with van der Waals surface area (Å²) in [5.41, 5.74) is 1.87. The van der Waals surface area contributed by atoms with E-state index in [-0.39, 0.29) is 5.91 Å². The minimum atomic E-state index is -0.0137. The van der Waals surface area contributed by atoms with Crippen molar-refractivity contribution in [1.82, 2.24) is 20.0 Å². The van der Waals surface area contributed by atoms with E-state index in [2.05, 4.69) is 10.4 Å².